The van der Waals surface area contributed by atoms with Crippen LogP contribution in [-0.4, -0.2) is 22.2 Å². The van der Waals surface area contributed by atoms with Gasteiger partial charge in [-0.15, -0.1) is 11.3 Å². The van der Waals surface area contributed by atoms with Crippen molar-refractivity contribution in [2.45, 2.75) is 6.10 Å². The van der Waals surface area contributed by atoms with Crippen molar-refractivity contribution in [1.82, 2.24) is 9.88 Å². The highest BCUT2D eigenvalue weighted by Gasteiger charge is 2.15. The molecule has 0 bridgehead atoms. The number of nitrogens with zero attached hydrogens (tertiary/aromatic N) is 1. The zero-order valence-corrected chi connectivity index (χ0v) is 12.9. The first-order valence-electron chi connectivity index (χ1n) is 6.95. The third kappa shape index (κ3) is 2.98. The van der Waals surface area contributed by atoms with Crippen molar-refractivity contribution in [2.75, 3.05) is 11.9 Å². The minimum atomic E-state index is -0.750. The number of aryl methyl sites for hydroxylation is 1. The van der Waals surface area contributed by atoms with Crippen LogP contribution >= 0.6 is 11.3 Å². The van der Waals surface area contributed by atoms with Crippen molar-refractivity contribution in [3.8, 4) is 0 Å². The summed E-state index contributed by atoms with van der Waals surface area (Å²) in [6, 6.07) is 11.3. The summed E-state index contributed by atoms with van der Waals surface area (Å²) in [5.74, 6) is 0. The number of anilines is 1. The second-order valence-electron chi connectivity index (χ2n) is 5.04. The second kappa shape index (κ2) is 6.21. The molecule has 22 heavy (non-hydrogen) atoms. The summed E-state index contributed by atoms with van der Waals surface area (Å²) in [7, 11) is 1.94. The highest BCUT2D eigenvalue weighted by molar-refractivity contribution is 7.14. The normalized spacial score (nSPS) is 12.3. The zero-order chi connectivity index (χ0) is 15.5. The second-order valence-corrected chi connectivity index (χ2v) is 5.99. The molecule has 2 amide bonds. The Balaban J connectivity index is 1.66. The lowest BCUT2D eigenvalue weighted by Gasteiger charge is -2.11. The molecule has 3 rings (SSSR count). The van der Waals surface area contributed by atoms with Crippen LogP contribution in [0, 0.1) is 0 Å². The Morgan fingerprint density at radius 2 is 2.14 bits per heavy atom. The Hall–Kier alpha value is -2.31. The Kier molecular flexibility index (Phi) is 4.13. The average molecular weight is 315 g/mol. The van der Waals surface area contributed by atoms with Crippen LogP contribution in [0.4, 0.5) is 9.80 Å². The molecular weight excluding hydrogens is 298 g/mol. The number of para-hydroxylation sites is 1. The van der Waals surface area contributed by atoms with E-state index in [9.17, 15) is 9.90 Å². The zero-order valence-electron chi connectivity index (χ0n) is 12.1. The maximum absolute atomic E-state index is 11.8. The van der Waals surface area contributed by atoms with Crippen LogP contribution < -0.4 is 10.6 Å². The lowest BCUT2D eigenvalue weighted by Crippen LogP contribution is -2.32. The number of aliphatic hydroxyl groups excluding tert-OH is 1. The van der Waals surface area contributed by atoms with Crippen molar-refractivity contribution < 1.29 is 9.90 Å². The van der Waals surface area contributed by atoms with Gasteiger partial charge in [0.05, 0.1) is 11.1 Å². The van der Waals surface area contributed by atoms with Gasteiger partial charge in [-0.25, -0.2) is 4.79 Å². The number of carbonyl (C=O) groups is 1. The molecule has 114 valence electrons. The van der Waals surface area contributed by atoms with Crippen LogP contribution in [0.2, 0.25) is 0 Å². The van der Waals surface area contributed by atoms with Crippen molar-refractivity contribution in [3.05, 3.63) is 53.5 Å². The van der Waals surface area contributed by atoms with Crippen molar-refractivity contribution in [1.29, 1.82) is 0 Å². The minimum Gasteiger partial charge on any atom is -0.386 e. The number of amides is 2. The molecule has 1 aromatic carbocycles. The van der Waals surface area contributed by atoms with Gasteiger partial charge in [0, 0.05) is 36.3 Å². The van der Waals surface area contributed by atoms with Gasteiger partial charge in [-0.2, -0.15) is 0 Å². The summed E-state index contributed by atoms with van der Waals surface area (Å²) in [6.45, 7) is 0.158. The number of fused-ring (bicyclic) bond motifs is 1. The molecule has 6 heteroatoms. The maximum Gasteiger partial charge on any atom is 0.319 e. The van der Waals surface area contributed by atoms with Crippen molar-refractivity contribution >= 4 is 33.3 Å². The number of urea groups is 1. The minimum absolute atomic E-state index is 0.158. The van der Waals surface area contributed by atoms with Gasteiger partial charge in [0.25, 0.3) is 0 Å². The van der Waals surface area contributed by atoms with E-state index >= 15 is 0 Å². The Labute approximate surface area is 132 Å². The van der Waals surface area contributed by atoms with Crippen molar-refractivity contribution in [3.63, 3.8) is 0 Å². The van der Waals surface area contributed by atoms with E-state index in [0.717, 1.165) is 21.5 Å². The maximum atomic E-state index is 11.8. The largest absolute Gasteiger partial charge is 0.386 e. The molecule has 0 saturated carbocycles. The van der Waals surface area contributed by atoms with E-state index in [0.29, 0.717) is 0 Å². The molecule has 3 N–H and O–H groups in total. The lowest BCUT2D eigenvalue weighted by molar-refractivity contribution is 0.176. The Morgan fingerprint density at radius 3 is 2.91 bits per heavy atom. The lowest BCUT2D eigenvalue weighted by atomic mass is 10.1. The van der Waals surface area contributed by atoms with E-state index in [2.05, 4.69) is 10.6 Å². The van der Waals surface area contributed by atoms with E-state index in [4.69, 9.17) is 0 Å². The average Bonchev–Trinajstić information content (AvgIpc) is 3.14. The molecule has 0 fully saturated rings. The van der Waals surface area contributed by atoms with Gasteiger partial charge in [-0.05, 0) is 23.6 Å². The monoisotopic (exact) mass is 315 g/mol. The van der Waals surface area contributed by atoms with E-state index < -0.39 is 6.10 Å². The third-order valence-electron chi connectivity index (χ3n) is 3.50. The predicted octanol–water partition coefficient (Wildman–Crippen LogP) is 3.09. The molecular formula is C16H17N3O2S. The predicted molar refractivity (Wildman–Crippen MR) is 89.2 cm³/mol. The van der Waals surface area contributed by atoms with Gasteiger partial charge in [0.15, 0.2) is 0 Å². The number of thiophene rings is 1. The standard InChI is InChI=1S/C16H17N3O2S/c1-19-10-12(11-5-2-3-6-13(11)19)14(20)9-17-16(21)18-15-7-4-8-22-15/h2-8,10,14,20H,9H2,1H3,(H2,17,18,21). The molecule has 1 unspecified atom stereocenters. The molecule has 0 aliphatic carbocycles. The van der Waals surface area contributed by atoms with E-state index in [1.54, 1.807) is 0 Å². The third-order valence-corrected chi connectivity index (χ3v) is 4.29. The fourth-order valence-corrected chi connectivity index (χ4v) is 3.06. The molecule has 0 aliphatic rings. The van der Waals surface area contributed by atoms with Crippen LogP contribution in [0.25, 0.3) is 10.9 Å². The number of nitrogens with one attached hydrogen (secondary N) is 2. The van der Waals surface area contributed by atoms with Crippen LogP contribution in [-0.2, 0) is 7.05 Å². The molecule has 3 aromatic rings. The summed E-state index contributed by atoms with van der Waals surface area (Å²) < 4.78 is 1.97. The number of carbonyl (C=O) groups excluding carboxylic acids is 1. The number of hydrogen-bond acceptors (Lipinski definition) is 3. The molecule has 5 nitrogen and oxygen atoms in total. The Morgan fingerprint density at radius 1 is 1.32 bits per heavy atom. The van der Waals surface area contributed by atoms with E-state index in [-0.39, 0.29) is 12.6 Å². The van der Waals surface area contributed by atoms with Crippen molar-refractivity contribution in [2.24, 2.45) is 7.05 Å². The van der Waals surface area contributed by atoms with Crippen LogP contribution in [0.1, 0.15) is 11.7 Å². The number of aliphatic hydroxyl groups is 1. The van der Waals surface area contributed by atoms with E-state index in [1.807, 2.05) is 59.6 Å². The van der Waals surface area contributed by atoms with E-state index in [1.165, 1.54) is 11.3 Å². The topological polar surface area (TPSA) is 66.3 Å². The first kappa shape index (κ1) is 14.6. The van der Waals surface area contributed by atoms with Crippen LogP contribution in [0.5, 0.6) is 0 Å². The molecule has 2 heterocycles. The number of hydrogen-bond donors (Lipinski definition) is 3. The van der Waals surface area contributed by atoms with Gasteiger partial charge in [0.2, 0.25) is 0 Å². The summed E-state index contributed by atoms with van der Waals surface area (Å²) >= 11 is 1.45. The first-order chi connectivity index (χ1) is 10.6. The fourth-order valence-electron chi connectivity index (χ4n) is 2.44. The number of benzene rings is 1. The van der Waals surface area contributed by atoms with Crippen LogP contribution in [0.15, 0.2) is 48.0 Å². The molecule has 0 saturated heterocycles. The van der Waals surface area contributed by atoms with Crippen LogP contribution in [0.3, 0.4) is 0 Å². The number of aromatic nitrogens is 1. The first-order valence-corrected chi connectivity index (χ1v) is 7.83. The summed E-state index contributed by atoms with van der Waals surface area (Å²) in [4.78, 5) is 11.8. The van der Waals surface area contributed by atoms with Gasteiger partial charge in [-0.1, -0.05) is 18.2 Å². The highest BCUT2D eigenvalue weighted by atomic mass is 32.1. The van der Waals surface area contributed by atoms with Gasteiger partial charge < -0.3 is 15.0 Å². The quantitative estimate of drug-likeness (QED) is 0.692. The molecule has 1 atom stereocenters. The Bertz CT molecular complexity index is 780. The summed E-state index contributed by atoms with van der Waals surface area (Å²) in [5, 5.41) is 19.4. The smallest absolute Gasteiger partial charge is 0.319 e. The summed E-state index contributed by atoms with van der Waals surface area (Å²) in [5.41, 5.74) is 1.87. The molecule has 0 radical (unpaired) electrons. The summed E-state index contributed by atoms with van der Waals surface area (Å²) in [6.07, 6.45) is 1.15. The van der Waals surface area contributed by atoms with Gasteiger partial charge in [-0.3, -0.25) is 5.32 Å². The van der Waals surface area contributed by atoms with Gasteiger partial charge in [0.1, 0.15) is 0 Å². The molecule has 0 aliphatic heterocycles. The molecule has 2 aromatic heterocycles. The highest BCUT2D eigenvalue weighted by Crippen LogP contribution is 2.25. The number of rotatable bonds is 4. The van der Waals surface area contributed by atoms with Gasteiger partial charge >= 0.3 is 6.03 Å². The molecule has 0 spiro atoms. The SMILES string of the molecule is Cn1cc(C(O)CNC(=O)Nc2cccs2)c2ccccc21. The fraction of sp³-hybridized carbons (Fsp3) is 0.188.